The lowest BCUT2D eigenvalue weighted by atomic mass is 9.85. The van der Waals surface area contributed by atoms with E-state index in [2.05, 4.69) is 9.71 Å². The van der Waals surface area contributed by atoms with Crippen molar-refractivity contribution in [3.8, 4) is 0 Å². The van der Waals surface area contributed by atoms with Gasteiger partial charge < -0.3 is 14.4 Å². The fourth-order valence-corrected chi connectivity index (χ4v) is 5.56. The third kappa shape index (κ3) is 6.06. The maximum absolute atomic E-state index is 12.2. The number of halogens is 1. The van der Waals surface area contributed by atoms with Gasteiger partial charge in [0.25, 0.3) is 0 Å². The molecule has 1 amide bonds. The van der Waals surface area contributed by atoms with Crippen LogP contribution in [0.5, 0.6) is 0 Å². The molecule has 1 aromatic rings. The van der Waals surface area contributed by atoms with Crippen molar-refractivity contribution < 1.29 is 22.7 Å². The first-order valence-electron chi connectivity index (χ1n) is 10.3. The number of ether oxygens (including phenoxy) is 2. The average Bonchev–Trinajstić information content (AvgIpc) is 2.72. The molecule has 1 aliphatic carbocycles. The van der Waals surface area contributed by atoms with E-state index >= 15 is 0 Å². The molecule has 0 bridgehead atoms. The van der Waals surface area contributed by atoms with Crippen LogP contribution in [0.3, 0.4) is 0 Å². The van der Waals surface area contributed by atoms with Crippen molar-refractivity contribution in [2.75, 3.05) is 26.5 Å². The van der Waals surface area contributed by atoms with E-state index in [0.717, 1.165) is 37.6 Å². The fraction of sp³-hybridized carbons (Fsp3) is 0.700. The van der Waals surface area contributed by atoms with Crippen molar-refractivity contribution in [2.45, 2.75) is 62.6 Å². The van der Waals surface area contributed by atoms with Crippen molar-refractivity contribution in [2.24, 2.45) is 0 Å². The van der Waals surface area contributed by atoms with Crippen LogP contribution in [-0.4, -0.2) is 69.1 Å². The number of hydrogen-bond donors (Lipinski definition) is 1. The maximum atomic E-state index is 12.2. The van der Waals surface area contributed by atoms with Crippen LogP contribution in [0.25, 0.3) is 0 Å². The van der Waals surface area contributed by atoms with Gasteiger partial charge in [-0.2, -0.15) is 0 Å². The van der Waals surface area contributed by atoms with Crippen LogP contribution >= 0.6 is 11.6 Å². The largest absolute Gasteiger partial charge is 0.453 e. The van der Waals surface area contributed by atoms with Crippen LogP contribution in [-0.2, 0) is 19.5 Å². The van der Waals surface area contributed by atoms with E-state index in [-0.39, 0.29) is 12.7 Å². The molecular formula is C20H30ClN3O5S. The molecule has 3 rings (SSSR count). The Morgan fingerprint density at radius 1 is 1.30 bits per heavy atom. The van der Waals surface area contributed by atoms with Gasteiger partial charge in [0.2, 0.25) is 10.0 Å². The zero-order valence-electron chi connectivity index (χ0n) is 17.4. The molecule has 0 radical (unpaired) electrons. The minimum absolute atomic E-state index is 0.0593. The number of rotatable bonds is 6. The van der Waals surface area contributed by atoms with Gasteiger partial charge in [-0.3, -0.25) is 4.98 Å². The molecule has 0 unspecified atom stereocenters. The molecule has 1 saturated heterocycles. The normalized spacial score (nSPS) is 27.6. The van der Waals surface area contributed by atoms with Gasteiger partial charge in [-0.1, -0.05) is 11.6 Å². The number of hydrogen-bond acceptors (Lipinski definition) is 6. The molecule has 1 saturated carbocycles. The number of pyridine rings is 1. The Hall–Kier alpha value is -1.42. The molecule has 2 fully saturated rings. The zero-order valence-corrected chi connectivity index (χ0v) is 19.0. The lowest BCUT2D eigenvalue weighted by Crippen LogP contribution is -2.59. The number of carbonyl (C=O) groups excluding carboxylic acids is 1. The second kappa shape index (κ2) is 10.3. The van der Waals surface area contributed by atoms with Crippen molar-refractivity contribution in [3.63, 3.8) is 0 Å². The lowest BCUT2D eigenvalue weighted by molar-refractivity contribution is -0.0246. The Morgan fingerprint density at radius 2 is 2.03 bits per heavy atom. The molecular weight excluding hydrogens is 430 g/mol. The van der Waals surface area contributed by atoms with Crippen LogP contribution in [0.4, 0.5) is 4.79 Å². The Balaban J connectivity index is 1.60. The minimum Gasteiger partial charge on any atom is -0.453 e. The number of nitrogens with one attached hydrogen (secondary N) is 1. The maximum Gasteiger partial charge on any atom is 0.409 e. The van der Waals surface area contributed by atoms with E-state index in [4.69, 9.17) is 21.1 Å². The van der Waals surface area contributed by atoms with Gasteiger partial charge in [0.15, 0.2) is 0 Å². The second-order valence-electron chi connectivity index (χ2n) is 8.05. The van der Waals surface area contributed by atoms with Crippen LogP contribution in [0.15, 0.2) is 18.3 Å². The predicted molar refractivity (Wildman–Crippen MR) is 114 cm³/mol. The lowest BCUT2D eigenvalue weighted by Gasteiger charge is -2.41. The van der Waals surface area contributed by atoms with Gasteiger partial charge in [-0.25, -0.2) is 17.9 Å². The summed E-state index contributed by atoms with van der Waals surface area (Å²) < 4.78 is 37.3. The Bertz CT molecular complexity index is 829. The Kier molecular flexibility index (Phi) is 7.95. The van der Waals surface area contributed by atoms with Gasteiger partial charge in [0.05, 0.1) is 42.8 Å². The van der Waals surface area contributed by atoms with Gasteiger partial charge in [0.1, 0.15) is 0 Å². The van der Waals surface area contributed by atoms with E-state index in [1.54, 1.807) is 11.1 Å². The average molecular weight is 460 g/mol. The third-order valence-electron chi connectivity index (χ3n) is 5.90. The second-order valence-corrected chi connectivity index (χ2v) is 10.2. The van der Waals surface area contributed by atoms with E-state index in [1.807, 2.05) is 12.1 Å². The molecule has 1 N–H and O–H groups in total. The first-order chi connectivity index (χ1) is 14.3. The number of likely N-dealkylation sites (tertiary alicyclic amines) is 1. The SMILES string of the molecule is COC(=O)N1CCC[C@H](NS(C)(=O)=O)[C@@H]1COC1CCC(c2ncccc2Cl)CC1. The van der Waals surface area contributed by atoms with E-state index < -0.39 is 28.2 Å². The van der Waals surface area contributed by atoms with E-state index in [0.29, 0.717) is 30.3 Å². The molecule has 2 heterocycles. The molecule has 1 aliphatic heterocycles. The fourth-order valence-electron chi connectivity index (χ4n) is 4.46. The highest BCUT2D eigenvalue weighted by Crippen LogP contribution is 2.36. The summed E-state index contributed by atoms with van der Waals surface area (Å²) in [5, 5.41) is 0.701. The van der Waals surface area contributed by atoms with Gasteiger partial charge in [-0.15, -0.1) is 0 Å². The van der Waals surface area contributed by atoms with Crippen LogP contribution < -0.4 is 4.72 Å². The molecule has 1 aromatic heterocycles. The topological polar surface area (TPSA) is 97.8 Å². The number of sulfonamides is 1. The van der Waals surface area contributed by atoms with Crippen LogP contribution in [0.2, 0.25) is 5.02 Å². The summed E-state index contributed by atoms with van der Waals surface area (Å²) in [5.74, 6) is 0.319. The highest BCUT2D eigenvalue weighted by atomic mass is 35.5. The molecule has 30 heavy (non-hydrogen) atoms. The van der Waals surface area contributed by atoms with Gasteiger partial charge >= 0.3 is 6.09 Å². The number of nitrogens with zero attached hydrogens (tertiary/aromatic N) is 2. The summed E-state index contributed by atoms with van der Waals surface area (Å²) in [6, 6.07) is 2.91. The summed E-state index contributed by atoms with van der Waals surface area (Å²) in [7, 11) is -2.07. The molecule has 8 nitrogen and oxygen atoms in total. The number of methoxy groups -OCH3 is 1. The van der Waals surface area contributed by atoms with Crippen molar-refractivity contribution in [3.05, 3.63) is 29.0 Å². The first kappa shape index (κ1) is 23.2. The third-order valence-corrected chi connectivity index (χ3v) is 6.95. The zero-order chi connectivity index (χ0) is 21.7. The molecule has 2 aliphatic rings. The summed E-state index contributed by atoms with van der Waals surface area (Å²) in [4.78, 5) is 18.2. The Morgan fingerprint density at radius 3 is 2.67 bits per heavy atom. The highest BCUT2D eigenvalue weighted by Gasteiger charge is 2.37. The van der Waals surface area contributed by atoms with Crippen LogP contribution in [0.1, 0.15) is 50.1 Å². The molecule has 0 aromatic carbocycles. The predicted octanol–water partition coefficient (Wildman–Crippen LogP) is 2.93. The molecule has 0 spiro atoms. The number of aromatic nitrogens is 1. The summed E-state index contributed by atoms with van der Waals surface area (Å²) in [5.41, 5.74) is 0.944. The number of amides is 1. The number of carbonyl (C=O) groups is 1. The standard InChI is InChI=1S/C20H30ClN3O5S/c1-28-20(25)24-12-4-6-17(23-30(2,26)27)18(24)13-29-15-9-7-14(8-10-15)19-16(21)5-3-11-22-19/h3,5,11,14-15,17-18,23H,4,6-10,12-13H2,1-2H3/t14?,15?,17-,18-/m0/s1. The van der Waals surface area contributed by atoms with E-state index in [9.17, 15) is 13.2 Å². The Labute approximate surface area is 183 Å². The highest BCUT2D eigenvalue weighted by molar-refractivity contribution is 7.88. The van der Waals surface area contributed by atoms with Gasteiger partial charge in [0, 0.05) is 24.7 Å². The molecule has 10 heteroatoms. The van der Waals surface area contributed by atoms with Crippen molar-refractivity contribution in [1.29, 1.82) is 0 Å². The number of piperidine rings is 1. The van der Waals surface area contributed by atoms with E-state index in [1.165, 1.54) is 7.11 Å². The molecule has 2 atom stereocenters. The monoisotopic (exact) mass is 459 g/mol. The quantitative estimate of drug-likeness (QED) is 0.702. The minimum atomic E-state index is -3.40. The first-order valence-corrected chi connectivity index (χ1v) is 12.6. The summed E-state index contributed by atoms with van der Waals surface area (Å²) >= 11 is 6.29. The molecule has 168 valence electrons. The summed E-state index contributed by atoms with van der Waals surface area (Å²) in [6.07, 6.45) is 7.44. The smallest absolute Gasteiger partial charge is 0.409 e. The van der Waals surface area contributed by atoms with Crippen molar-refractivity contribution >= 4 is 27.7 Å². The van der Waals surface area contributed by atoms with Gasteiger partial charge in [-0.05, 0) is 50.7 Å². The van der Waals surface area contributed by atoms with Crippen LogP contribution in [0, 0.1) is 0 Å². The van der Waals surface area contributed by atoms with Crippen molar-refractivity contribution in [1.82, 2.24) is 14.6 Å². The summed E-state index contributed by atoms with van der Waals surface area (Å²) in [6.45, 7) is 0.787.